The molecule has 0 atom stereocenters. The van der Waals surface area contributed by atoms with Crippen LogP contribution in [0.2, 0.25) is 0 Å². The zero-order valence-electron chi connectivity index (χ0n) is 25.3. The summed E-state index contributed by atoms with van der Waals surface area (Å²) in [6.45, 7) is 2.56. The number of aryl methyl sites for hydroxylation is 1. The van der Waals surface area contributed by atoms with Gasteiger partial charge in [0.1, 0.15) is 5.69 Å². The highest BCUT2D eigenvalue weighted by Crippen LogP contribution is 2.52. The quantitative estimate of drug-likeness (QED) is 0.169. The summed E-state index contributed by atoms with van der Waals surface area (Å²) >= 11 is 3.76. The van der Waals surface area contributed by atoms with Crippen molar-refractivity contribution < 1.29 is 38.0 Å². The highest BCUT2D eigenvalue weighted by atomic mass is 79.9. The average molecular weight is 653 g/mol. The standard InChI is InChI=1S/C33H34BrNO8/c1-8-43-33(36)32-30(21-16-27(41-6)28(42-7)17-22(21)34)29(19-9-10-23(37-2)24(14-19)38-3)31-20-15-26(40-5)25(39-4)13-18(20)11-12-35(31)32/h9-10,13-17H,8,11-12H2,1-7H3. The third-order valence-corrected chi connectivity index (χ3v) is 8.27. The summed E-state index contributed by atoms with van der Waals surface area (Å²) in [5.41, 5.74) is 6.29. The van der Waals surface area contributed by atoms with Crippen molar-refractivity contribution in [2.24, 2.45) is 0 Å². The molecular weight excluding hydrogens is 618 g/mol. The van der Waals surface area contributed by atoms with Gasteiger partial charge in [-0.1, -0.05) is 22.0 Å². The lowest BCUT2D eigenvalue weighted by atomic mass is 9.89. The molecule has 1 aliphatic heterocycles. The molecule has 9 nitrogen and oxygen atoms in total. The lowest BCUT2D eigenvalue weighted by molar-refractivity contribution is 0.0514. The molecule has 0 saturated carbocycles. The van der Waals surface area contributed by atoms with Gasteiger partial charge in [-0.05, 0) is 60.9 Å². The Morgan fingerprint density at radius 1 is 0.721 bits per heavy atom. The molecule has 3 aromatic carbocycles. The maximum absolute atomic E-state index is 13.9. The van der Waals surface area contributed by atoms with Crippen LogP contribution >= 0.6 is 15.9 Å². The predicted molar refractivity (Wildman–Crippen MR) is 167 cm³/mol. The molecule has 0 N–H and O–H groups in total. The van der Waals surface area contributed by atoms with Gasteiger partial charge >= 0.3 is 5.97 Å². The first-order valence-electron chi connectivity index (χ1n) is 13.7. The largest absolute Gasteiger partial charge is 0.493 e. The Morgan fingerprint density at radius 3 is 1.88 bits per heavy atom. The second-order valence-corrected chi connectivity index (χ2v) is 10.5. The molecule has 0 amide bonds. The summed E-state index contributed by atoms with van der Waals surface area (Å²) in [7, 11) is 9.59. The number of hydrogen-bond acceptors (Lipinski definition) is 8. The molecule has 0 bridgehead atoms. The van der Waals surface area contributed by atoms with Crippen LogP contribution in [-0.2, 0) is 17.7 Å². The first-order valence-corrected chi connectivity index (χ1v) is 14.5. The van der Waals surface area contributed by atoms with Crippen LogP contribution < -0.4 is 28.4 Å². The number of fused-ring (bicyclic) bond motifs is 3. The van der Waals surface area contributed by atoms with Gasteiger partial charge in [0.2, 0.25) is 0 Å². The molecule has 4 aromatic rings. The van der Waals surface area contributed by atoms with Crippen molar-refractivity contribution in [1.82, 2.24) is 4.57 Å². The van der Waals surface area contributed by atoms with Crippen LogP contribution in [0.25, 0.3) is 33.5 Å². The molecule has 0 aliphatic carbocycles. The number of benzene rings is 3. The van der Waals surface area contributed by atoms with Gasteiger partial charge in [0.05, 0.1) is 55.0 Å². The number of carbonyl (C=O) groups excluding carboxylic acids is 1. The van der Waals surface area contributed by atoms with E-state index in [1.54, 1.807) is 49.6 Å². The maximum atomic E-state index is 13.9. The molecular formula is C33H34BrNO8. The van der Waals surface area contributed by atoms with E-state index in [1.165, 1.54) is 0 Å². The number of rotatable bonds is 10. The van der Waals surface area contributed by atoms with E-state index in [2.05, 4.69) is 15.9 Å². The van der Waals surface area contributed by atoms with Gasteiger partial charge in [-0.3, -0.25) is 0 Å². The summed E-state index contributed by atoms with van der Waals surface area (Å²) in [6.07, 6.45) is 0.668. The van der Waals surface area contributed by atoms with Crippen LogP contribution in [0.1, 0.15) is 23.0 Å². The van der Waals surface area contributed by atoms with Gasteiger partial charge in [0.25, 0.3) is 0 Å². The average Bonchev–Trinajstić information content (AvgIpc) is 3.38. The van der Waals surface area contributed by atoms with E-state index >= 15 is 0 Å². The first-order chi connectivity index (χ1) is 20.8. The van der Waals surface area contributed by atoms with E-state index in [9.17, 15) is 4.79 Å². The topological polar surface area (TPSA) is 86.6 Å². The smallest absolute Gasteiger partial charge is 0.355 e. The molecule has 0 spiro atoms. The summed E-state index contributed by atoms with van der Waals surface area (Å²) < 4.78 is 42.3. The molecule has 2 heterocycles. The monoisotopic (exact) mass is 651 g/mol. The van der Waals surface area contributed by atoms with Crippen LogP contribution in [0.5, 0.6) is 34.5 Å². The summed E-state index contributed by atoms with van der Waals surface area (Å²) in [5, 5.41) is 0. The lowest BCUT2D eigenvalue weighted by Crippen LogP contribution is -2.18. The van der Waals surface area contributed by atoms with Gasteiger partial charge in [-0.25, -0.2) is 4.79 Å². The van der Waals surface area contributed by atoms with Crippen LogP contribution in [0.4, 0.5) is 0 Å². The Bertz CT molecular complexity index is 1690. The Morgan fingerprint density at radius 2 is 1.28 bits per heavy atom. The molecule has 1 aliphatic rings. The highest BCUT2D eigenvalue weighted by Gasteiger charge is 2.35. The van der Waals surface area contributed by atoms with Crippen molar-refractivity contribution in [2.45, 2.75) is 19.9 Å². The highest BCUT2D eigenvalue weighted by molar-refractivity contribution is 9.10. The van der Waals surface area contributed by atoms with Crippen molar-refractivity contribution in [3.05, 3.63) is 58.2 Å². The molecule has 1 aromatic heterocycles. The Hall–Kier alpha value is -4.31. The zero-order valence-corrected chi connectivity index (χ0v) is 26.8. The number of carbonyl (C=O) groups is 1. The Balaban J connectivity index is 1.98. The fourth-order valence-electron chi connectivity index (χ4n) is 5.70. The number of ether oxygens (including phenoxy) is 7. The van der Waals surface area contributed by atoms with E-state index < -0.39 is 5.97 Å². The second-order valence-electron chi connectivity index (χ2n) is 9.69. The Kier molecular flexibility index (Phi) is 8.77. The van der Waals surface area contributed by atoms with Gasteiger partial charge in [-0.15, -0.1) is 0 Å². The summed E-state index contributed by atoms with van der Waals surface area (Å²) in [4.78, 5) is 13.9. The molecule has 0 unspecified atom stereocenters. The molecule has 0 fully saturated rings. The van der Waals surface area contributed by atoms with Crippen molar-refractivity contribution in [1.29, 1.82) is 0 Å². The van der Waals surface area contributed by atoms with Crippen molar-refractivity contribution in [2.75, 3.05) is 49.3 Å². The summed E-state index contributed by atoms with van der Waals surface area (Å²) in [5.74, 6) is 3.00. The first kappa shape index (κ1) is 30.2. The van der Waals surface area contributed by atoms with Gasteiger partial charge in [0, 0.05) is 33.3 Å². The third kappa shape index (κ3) is 5.14. The minimum absolute atomic E-state index is 0.221. The molecule has 5 rings (SSSR count). The van der Waals surface area contributed by atoms with Crippen LogP contribution in [-0.4, -0.2) is 59.8 Å². The lowest BCUT2D eigenvalue weighted by Gasteiger charge is -2.24. The predicted octanol–water partition coefficient (Wildman–Crippen LogP) is 7.04. The van der Waals surface area contributed by atoms with Crippen molar-refractivity contribution in [3.63, 3.8) is 0 Å². The van der Waals surface area contributed by atoms with E-state index in [4.69, 9.17) is 33.2 Å². The minimum Gasteiger partial charge on any atom is -0.493 e. The van der Waals surface area contributed by atoms with Gasteiger partial charge < -0.3 is 37.7 Å². The van der Waals surface area contributed by atoms with Crippen molar-refractivity contribution >= 4 is 21.9 Å². The van der Waals surface area contributed by atoms with Gasteiger partial charge in [-0.2, -0.15) is 0 Å². The second kappa shape index (κ2) is 12.5. The summed E-state index contributed by atoms with van der Waals surface area (Å²) in [6, 6.07) is 13.4. The minimum atomic E-state index is -0.434. The van der Waals surface area contributed by atoms with Crippen LogP contribution in [0.15, 0.2) is 46.9 Å². The maximum Gasteiger partial charge on any atom is 0.355 e. The number of esters is 1. The molecule has 0 radical (unpaired) electrons. The van der Waals surface area contributed by atoms with E-state index in [0.717, 1.165) is 33.5 Å². The number of halogens is 1. The van der Waals surface area contributed by atoms with E-state index in [1.807, 2.05) is 47.0 Å². The number of hydrogen-bond donors (Lipinski definition) is 0. The van der Waals surface area contributed by atoms with Crippen LogP contribution in [0.3, 0.4) is 0 Å². The molecule has 226 valence electrons. The van der Waals surface area contributed by atoms with Gasteiger partial charge in [0.15, 0.2) is 34.5 Å². The third-order valence-electron chi connectivity index (χ3n) is 7.62. The molecule has 10 heteroatoms. The fraction of sp³-hybridized carbons (Fsp3) is 0.303. The number of nitrogens with zero attached hydrogens (tertiary/aromatic N) is 1. The molecule has 0 saturated heterocycles. The van der Waals surface area contributed by atoms with E-state index in [-0.39, 0.29) is 6.61 Å². The van der Waals surface area contributed by atoms with Crippen molar-refractivity contribution in [3.8, 4) is 68.0 Å². The SMILES string of the molecule is CCOC(=O)c1c(-c2cc(OC)c(OC)cc2Br)c(-c2ccc(OC)c(OC)c2)c2n1CCc1cc(OC)c(OC)cc1-2. The van der Waals surface area contributed by atoms with E-state index in [0.29, 0.717) is 63.2 Å². The normalized spacial score (nSPS) is 11.7. The Labute approximate surface area is 259 Å². The molecule has 43 heavy (non-hydrogen) atoms. The zero-order chi connectivity index (χ0) is 30.8. The van der Waals surface area contributed by atoms with Crippen LogP contribution in [0, 0.1) is 0 Å². The fourth-order valence-corrected chi connectivity index (χ4v) is 6.22. The number of methoxy groups -OCH3 is 6. The number of aromatic nitrogens is 1.